The highest BCUT2D eigenvalue weighted by molar-refractivity contribution is 5.95. The minimum atomic E-state index is -0.460. The third-order valence-corrected chi connectivity index (χ3v) is 4.04. The lowest BCUT2D eigenvalue weighted by atomic mass is 10.2. The molecule has 0 aliphatic carbocycles. The van der Waals surface area contributed by atoms with Crippen LogP contribution < -0.4 is 5.32 Å². The zero-order valence-corrected chi connectivity index (χ0v) is 15.0. The van der Waals surface area contributed by atoms with Gasteiger partial charge in [0.15, 0.2) is 11.5 Å². The molecule has 27 heavy (non-hydrogen) atoms. The van der Waals surface area contributed by atoms with Crippen molar-refractivity contribution in [1.29, 1.82) is 0 Å². The summed E-state index contributed by atoms with van der Waals surface area (Å²) in [4.78, 5) is 30.3. The summed E-state index contributed by atoms with van der Waals surface area (Å²) in [5, 5.41) is 6.36. The molecule has 0 atom stereocenters. The van der Waals surface area contributed by atoms with Gasteiger partial charge in [0.2, 0.25) is 5.91 Å². The SMILES string of the molecule is CCN(Cc1ccccc1)C(=O)CNC(=O)c1cc(-c2cccnc2)on1. The van der Waals surface area contributed by atoms with Crippen LogP contribution in [0.2, 0.25) is 0 Å². The largest absolute Gasteiger partial charge is 0.355 e. The molecule has 0 spiro atoms. The fraction of sp³-hybridized carbons (Fsp3) is 0.200. The van der Waals surface area contributed by atoms with E-state index in [0.29, 0.717) is 18.8 Å². The van der Waals surface area contributed by atoms with Crippen LogP contribution in [0.1, 0.15) is 23.0 Å². The number of carbonyl (C=O) groups is 2. The maximum Gasteiger partial charge on any atom is 0.273 e. The number of hydrogen-bond acceptors (Lipinski definition) is 5. The standard InChI is InChI=1S/C20H20N4O3/c1-2-24(14-15-7-4-3-5-8-15)19(25)13-22-20(26)17-11-18(27-23-17)16-9-6-10-21-12-16/h3-12H,2,13-14H2,1H3,(H,22,26). The monoisotopic (exact) mass is 364 g/mol. The molecule has 138 valence electrons. The van der Waals surface area contributed by atoms with Gasteiger partial charge in [-0.3, -0.25) is 14.6 Å². The van der Waals surface area contributed by atoms with Crippen molar-refractivity contribution in [3.8, 4) is 11.3 Å². The molecular formula is C20H20N4O3. The number of benzene rings is 1. The summed E-state index contributed by atoms with van der Waals surface area (Å²) in [6.45, 7) is 2.86. The molecule has 0 fully saturated rings. The summed E-state index contributed by atoms with van der Waals surface area (Å²) in [7, 11) is 0. The molecule has 2 amide bonds. The quantitative estimate of drug-likeness (QED) is 0.696. The van der Waals surface area contributed by atoms with E-state index in [4.69, 9.17) is 4.52 Å². The van der Waals surface area contributed by atoms with Gasteiger partial charge >= 0.3 is 0 Å². The van der Waals surface area contributed by atoms with Gasteiger partial charge in [0.25, 0.3) is 5.91 Å². The lowest BCUT2D eigenvalue weighted by molar-refractivity contribution is -0.130. The topological polar surface area (TPSA) is 88.3 Å². The van der Waals surface area contributed by atoms with Crippen LogP contribution in [0.4, 0.5) is 0 Å². The number of aromatic nitrogens is 2. The van der Waals surface area contributed by atoms with Crippen LogP contribution in [-0.4, -0.2) is 39.9 Å². The van der Waals surface area contributed by atoms with Crippen molar-refractivity contribution in [2.45, 2.75) is 13.5 Å². The second kappa shape index (κ2) is 8.75. The van der Waals surface area contributed by atoms with Gasteiger partial charge in [-0.25, -0.2) is 0 Å². The molecule has 0 bridgehead atoms. The van der Waals surface area contributed by atoms with Gasteiger partial charge in [0, 0.05) is 37.1 Å². The van der Waals surface area contributed by atoms with E-state index in [9.17, 15) is 9.59 Å². The van der Waals surface area contributed by atoms with Crippen molar-refractivity contribution in [1.82, 2.24) is 20.4 Å². The molecule has 0 saturated carbocycles. The Bertz CT molecular complexity index is 894. The molecule has 0 saturated heterocycles. The van der Waals surface area contributed by atoms with Crippen molar-refractivity contribution in [2.24, 2.45) is 0 Å². The zero-order chi connectivity index (χ0) is 19.1. The normalized spacial score (nSPS) is 10.4. The summed E-state index contributed by atoms with van der Waals surface area (Å²) in [6, 6.07) is 14.8. The Hall–Kier alpha value is -3.48. The third-order valence-electron chi connectivity index (χ3n) is 4.04. The number of likely N-dealkylation sites (N-methyl/N-ethyl adjacent to an activating group) is 1. The summed E-state index contributed by atoms with van der Waals surface area (Å²) in [5.74, 6) is -0.178. The van der Waals surface area contributed by atoms with Gasteiger partial charge in [-0.15, -0.1) is 0 Å². The highest BCUT2D eigenvalue weighted by Crippen LogP contribution is 2.18. The fourth-order valence-corrected chi connectivity index (χ4v) is 2.57. The van der Waals surface area contributed by atoms with Crippen LogP contribution in [0.3, 0.4) is 0 Å². The predicted octanol–water partition coefficient (Wildman–Crippen LogP) is 2.52. The van der Waals surface area contributed by atoms with Crippen LogP contribution in [0.5, 0.6) is 0 Å². The van der Waals surface area contributed by atoms with E-state index in [1.54, 1.807) is 29.4 Å². The Morgan fingerprint density at radius 1 is 1.15 bits per heavy atom. The molecule has 0 aliphatic rings. The van der Waals surface area contributed by atoms with E-state index >= 15 is 0 Å². The first kappa shape index (κ1) is 18.3. The van der Waals surface area contributed by atoms with Gasteiger partial charge in [0.05, 0.1) is 6.54 Å². The molecule has 7 nitrogen and oxygen atoms in total. The van der Waals surface area contributed by atoms with Crippen LogP contribution >= 0.6 is 0 Å². The van der Waals surface area contributed by atoms with E-state index in [2.05, 4.69) is 15.5 Å². The Morgan fingerprint density at radius 3 is 2.67 bits per heavy atom. The number of hydrogen-bond donors (Lipinski definition) is 1. The average Bonchev–Trinajstić information content (AvgIpc) is 3.22. The van der Waals surface area contributed by atoms with Crippen LogP contribution in [0.15, 0.2) is 65.4 Å². The van der Waals surface area contributed by atoms with Crippen LogP contribution in [0, 0.1) is 0 Å². The van der Waals surface area contributed by atoms with Gasteiger partial charge in [0.1, 0.15) is 0 Å². The maximum absolute atomic E-state index is 12.4. The smallest absolute Gasteiger partial charge is 0.273 e. The number of amides is 2. The minimum absolute atomic E-state index is 0.103. The molecule has 0 unspecified atom stereocenters. The molecule has 1 aromatic carbocycles. The number of nitrogens with one attached hydrogen (secondary N) is 1. The first-order chi connectivity index (χ1) is 13.2. The lowest BCUT2D eigenvalue weighted by Gasteiger charge is -2.21. The number of pyridine rings is 1. The Balaban J connectivity index is 1.56. The van der Waals surface area contributed by atoms with E-state index in [-0.39, 0.29) is 18.1 Å². The average molecular weight is 364 g/mol. The predicted molar refractivity (Wildman–Crippen MR) is 99.6 cm³/mol. The van der Waals surface area contributed by atoms with Crippen molar-refractivity contribution in [3.63, 3.8) is 0 Å². The van der Waals surface area contributed by atoms with Crippen molar-refractivity contribution < 1.29 is 14.1 Å². The molecule has 1 N–H and O–H groups in total. The number of carbonyl (C=O) groups excluding carboxylic acids is 2. The summed E-state index contributed by atoms with van der Waals surface area (Å²) >= 11 is 0. The molecule has 2 aromatic heterocycles. The van der Waals surface area contributed by atoms with Crippen LogP contribution in [-0.2, 0) is 11.3 Å². The zero-order valence-electron chi connectivity index (χ0n) is 15.0. The molecular weight excluding hydrogens is 344 g/mol. The van der Waals surface area contributed by atoms with Crippen molar-refractivity contribution >= 4 is 11.8 Å². The second-order valence-corrected chi connectivity index (χ2v) is 5.89. The van der Waals surface area contributed by atoms with E-state index in [0.717, 1.165) is 11.1 Å². The summed E-state index contributed by atoms with van der Waals surface area (Å²) in [5.41, 5.74) is 1.88. The van der Waals surface area contributed by atoms with Gasteiger partial charge < -0.3 is 14.7 Å². The molecule has 0 radical (unpaired) electrons. The highest BCUT2D eigenvalue weighted by atomic mass is 16.5. The van der Waals surface area contributed by atoms with E-state index < -0.39 is 5.91 Å². The number of rotatable bonds is 7. The summed E-state index contributed by atoms with van der Waals surface area (Å²) < 4.78 is 5.18. The third kappa shape index (κ3) is 4.78. The molecule has 0 aliphatic heterocycles. The highest BCUT2D eigenvalue weighted by Gasteiger charge is 2.17. The molecule has 7 heteroatoms. The Labute approximate surface area is 157 Å². The number of nitrogens with zero attached hydrogens (tertiary/aromatic N) is 3. The van der Waals surface area contributed by atoms with E-state index in [1.165, 1.54) is 6.07 Å². The molecule has 3 aromatic rings. The minimum Gasteiger partial charge on any atom is -0.355 e. The van der Waals surface area contributed by atoms with Gasteiger partial charge in [-0.1, -0.05) is 35.5 Å². The Kier molecular flexibility index (Phi) is 5.94. The van der Waals surface area contributed by atoms with Crippen LogP contribution in [0.25, 0.3) is 11.3 Å². The van der Waals surface area contributed by atoms with Gasteiger partial charge in [-0.2, -0.15) is 0 Å². The first-order valence-electron chi connectivity index (χ1n) is 8.64. The maximum atomic E-state index is 12.4. The lowest BCUT2D eigenvalue weighted by Crippen LogP contribution is -2.39. The fourth-order valence-electron chi connectivity index (χ4n) is 2.57. The molecule has 3 rings (SSSR count). The Morgan fingerprint density at radius 2 is 1.96 bits per heavy atom. The molecule has 2 heterocycles. The van der Waals surface area contributed by atoms with E-state index in [1.807, 2.05) is 37.3 Å². The van der Waals surface area contributed by atoms with Crippen molar-refractivity contribution in [2.75, 3.05) is 13.1 Å². The first-order valence-corrected chi connectivity index (χ1v) is 8.64. The summed E-state index contributed by atoms with van der Waals surface area (Å²) in [6.07, 6.45) is 3.27. The van der Waals surface area contributed by atoms with Crippen molar-refractivity contribution in [3.05, 3.63) is 72.2 Å². The van der Waals surface area contributed by atoms with Gasteiger partial charge in [-0.05, 0) is 24.6 Å². The second-order valence-electron chi connectivity index (χ2n) is 5.89.